The molecule has 0 aliphatic carbocycles. The summed E-state index contributed by atoms with van der Waals surface area (Å²) < 4.78 is 4.93. The van der Waals surface area contributed by atoms with Gasteiger partial charge in [-0.2, -0.15) is 4.98 Å². The van der Waals surface area contributed by atoms with Crippen LogP contribution in [0.15, 0.2) is 36.7 Å². The Hall–Kier alpha value is -2.61. The summed E-state index contributed by atoms with van der Waals surface area (Å²) in [5, 5.41) is -0.113. The molecule has 0 bridgehead atoms. The summed E-state index contributed by atoms with van der Waals surface area (Å²) in [6.07, 6.45) is 3.95. The van der Waals surface area contributed by atoms with Gasteiger partial charge in [-0.05, 0) is 31.3 Å². The average Bonchev–Trinajstić information content (AvgIpc) is 2.49. The summed E-state index contributed by atoms with van der Waals surface area (Å²) in [6, 6.07) is 7.35. The van der Waals surface area contributed by atoms with E-state index in [-0.39, 0.29) is 11.1 Å². The van der Waals surface area contributed by atoms with Gasteiger partial charge in [0, 0.05) is 24.2 Å². The number of ether oxygens (including phenoxy) is 1. The highest BCUT2D eigenvalue weighted by molar-refractivity contribution is 7.80. The highest BCUT2D eigenvalue weighted by Gasteiger charge is 2.13. The molecule has 0 aliphatic heterocycles. The van der Waals surface area contributed by atoms with Crippen LogP contribution >= 0.6 is 12.2 Å². The van der Waals surface area contributed by atoms with Crippen molar-refractivity contribution in [1.29, 1.82) is 0 Å². The molecule has 2 rings (SSSR count). The smallest absolute Gasteiger partial charge is 0.242 e. The van der Waals surface area contributed by atoms with Gasteiger partial charge in [0.15, 0.2) is 5.11 Å². The zero-order chi connectivity index (χ0) is 15.7. The van der Waals surface area contributed by atoms with E-state index in [2.05, 4.69) is 27.2 Å². The van der Waals surface area contributed by atoms with Gasteiger partial charge in [-0.15, -0.1) is 0 Å². The maximum atomic E-state index is 10.7. The molecule has 1 amide bonds. The number of carbonyl (C=O) groups excluding carboxylic acids is 1. The lowest BCUT2D eigenvalue weighted by molar-refractivity contribution is -0.106. The molecular formula is C13H15N5O2S. The minimum atomic E-state index is -0.113. The van der Waals surface area contributed by atoms with E-state index in [4.69, 9.17) is 10.5 Å². The van der Waals surface area contributed by atoms with E-state index in [0.717, 1.165) is 4.90 Å². The second kappa shape index (κ2) is 8.54. The fourth-order valence-electron chi connectivity index (χ4n) is 1.25. The first-order valence-corrected chi connectivity index (χ1v) is 6.28. The average molecular weight is 305 g/mol. The predicted octanol–water partition coefficient (Wildman–Crippen LogP) is 1.08. The first kappa shape index (κ1) is 16.4. The molecule has 2 heterocycles. The second-order valence-corrected chi connectivity index (χ2v) is 4.11. The van der Waals surface area contributed by atoms with E-state index in [0.29, 0.717) is 18.0 Å². The normalized spacial score (nSPS) is 9.05. The summed E-state index contributed by atoms with van der Waals surface area (Å²) in [5.74, 6) is 0.454. The summed E-state index contributed by atoms with van der Waals surface area (Å²) in [5.41, 5.74) is 5.98. The number of hydrogen-bond donors (Lipinski definition) is 1. The van der Waals surface area contributed by atoms with Gasteiger partial charge in [-0.1, -0.05) is 6.07 Å². The molecular weight excluding hydrogens is 290 g/mol. The number of aromatic nitrogens is 3. The number of nitrogens with zero attached hydrogens (tertiary/aromatic N) is 4. The van der Waals surface area contributed by atoms with Crippen LogP contribution in [0.1, 0.15) is 5.69 Å². The summed E-state index contributed by atoms with van der Waals surface area (Å²) >= 11 is 4.67. The molecule has 2 aromatic rings. The Balaban J connectivity index is 0.000000304. The molecule has 7 nitrogen and oxygen atoms in total. The Bertz CT molecular complexity index is 568. The maximum absolute atomic E-state index is 10.7. The molecule has 0 aromatic carbocycles. The third-order valence-corrected chi connectivity index (χ3v) is 2.35. The third-order valence-electron chi connectivity index (χ3n) is 2.15. The van der Waals surface area contributed by atoms with Crippen molar-refractivity contribution in [3.63, 3.8) is 0 Å². The number of anilines is 1. The van der Waals surface area contributed by atoms with Crippen molar-refractivity contribution in [2.24, 2.45) is 5.73 Å². The maximum Gasteiger partial charge on any atom is 0.242 e. The number of aryl methyl sites for hydroxylation is 1. The second-order valence-electron chi connectivity index (χ2n) is 3.69. The van der Waals surface area contributed by atoms with Gasteiger partial charge in [-0.25, -0.2) is 9.88 Å². The lowest BCUT2D eigenvalue weighted by Gasteiger charge is -2.13. The number of rotatable bonds is 3. The van der Waals surface area contributed by atoms with Gasteiger partial charge < -0.3 is 10.5 Å². The third kappa shape index (κ3) is 5.49. The number of amides is 1. The van der Waals surface area contributed by atoms with Crippen LogP contribution < -0.4 is 15.4 Å². The molecule has 8 heteroatoms. The molecule has 0 radical (unpaired) electrons. The number of methoxy groups -OCH3 is 1. The van der Waals surface area contributed by atoms with E-state index >= 15 is 0 Å². The number of nitrogens with two attached hydrogens (primary N) is 1. The van der Waals surface area contributed by atoms with Crippen molar-refractivity contribution in [2.45, 2.75) is 6.92 Å². The molecule has 0 aliphatic rings. The minimum Gasteiger partial charge on any atom is -0.481 e. The number of hydrogen-bond acceptors (Lipinski definition) is 6. The van der Waals surface area contributed by atoms with Crippen LogP contribution in [0, 0.1) is 6.92 Å². The highest BCUT2D eigenvalue weighted by atomic mass is 32.1. The first-order valence-electron chi connectivity index (χ1n) is 5.87. The van der Waals surface area contributed by atoms with Gasteiger partial charge in [0.25, 0.3) is 0 Å². The SMILES string of the molecule is COc1cc(C)nc(N(C=O)C(N)=S)n1.c1ccncc1. The fraction of sp³-hybridized carbons (Fsp3) is 0.154. The Morgan fingerprint density at radius 1 is 1.33 bits per heavy atom. The molecule has 2 aromatic heterocycles. The Kier molecular flexibility index (Phi) is 6.69. The predicted molar refractivity (Wildman–Crippen MR) is 82.9 cm³/mol. The molecule has 0 saturated carbocycles. The standard InChI is InChI=1S/C8H10N4O2S.C5H5N/c1-5-3-6(14-2)11-8(10-5)12(4-13)7(9)15;1-2-4-6-5-3-1/h3-4H,1-2H3,(H2,9,15);1-5H. The van der Waals surface area contributed by atoms with Crippen molar-refractivity contribution in [2.75, 3.05) is 12.0 Å². The number of carbonyl (C=O) groups is 1. The van der Waals surface area contributed by atoms with Gasteiger partial charge in [0.05, 0.1) is 7.11 Å². The Labute approximate surface area is 127 Å². The van der Waals surface area contributed by atoms with Crippen LogP contribution in [-0.4, -0.2) is 33.6 Å². The van der Waals surface area contributed by atoms with Crippen molar-refractivity contribution in [1.82, 2.24) is 15.0 Å². The molecule has 21 heavy (non-hydrogen) atoms. The van der Waals surface area contributed by atoms with Gasteiger partial charge in [-0.3, -0.25) is 9.78 Å². The van der Waals surface area contributed by atoms with E-state index in [1.807, 2.05) is 18.2 Å². The van der Waals surface area contributed by atoms with Crippen LogP contribution in [0.3, 0.4) is 0 Å². The summed E-state index contributed by atoms with van der Waals surface area (Å²) in [6.45, 7) is 1.75. The molecule has 0 spiro atoms. The molecule has 0 saturated heterocycles. The van der Waals surface area contributed by atoms with Crippen LogP contribution in [0.5, 0.6) is 5.88 Å². The Morgan fingerprint density at radius 3 is 2.38 bits per heavy atom. The van der Waals surface area contributed by atoms with Crippen molar-refractivity contribution < 1.29 is 9.53 Å². The van der Waals surface area contributed by atoms with Crippen LogP contribution in [-0.2, 0) is 4.79 Å². The number of pyridine rings is 1. The lowest BCUT2D eigenvalue weighted by atomic mass is 10.4. The van der Waals surface area contributed by atoms with Crippen LogP contribution in [0.4, 0.5) is 5.95 Å². The van der Waals surface area contributed by atoms with E-state index in [9.17, 15) is 4.79 Å². The molecule has 0 fully saturated rings. The van der Waals surface area contributed by atoms with Crippen molar-refractivity contribution in [3.05, 3.63) is 42.4 Å². The zero-order valence-corrected chi connectivity index (χ0v) is 12.4. The van der Waals surface area contributed by atoms with Crippen molar-refractivity contribution in [3.8, 4) is 5.88 Å². The first-order chi connectivity index (χ1) is 10.1. The molecule has 2 N–H and O–H groups in total. The summed E-state index contributed by atoms with van der Waals surface area (Å²) in [4.78, 5) is 23.4. The van der Waals surface area contributed by atoms with E-state index < -0.39 is 0 Å². The van der Waals surface area contributed by atoms with E-state index in [1.165, 1.54) is 7.11 Å². The molecule has 0 unspecified atom stereocenters. The largest absolute Gasteiger partial charge is 0.481 e. The number of thiocarbonyl (C=S) groups is 1. The lowest BCUT2D eigenvalue weighted by Crippen LogP contribution is -2.35. The summed E-state index contributed by atoms with van der Waals surface area (Å²) in [7, 11) is 1.47. The van der Waals surface area contributed by atoms with Crippen LogP contribution in [0.25, 0.3) is 0 Å². The van der Waals surface area contributed by atoms with Gasteiger partial charge in [0.1, 0.15) is 0 Å². The van der Waals surface area contributed by atoms with Crippen molar-refractivity contribution >= 4 is 29.7 Å². The monoisotopic (exact) mass is 305 g/mol. The topological polar surface area (TPSA) is 94.2 Å². The highest BCUT2D eigenvalue weighted by Crippen LogP contribution is 2.13. The Morgan fingerprint density at radius 2 is 2.00 bits per heavy atom. The fourth-order valence-corrected chi connectivity index (χ4v) is 1.37. The van der Waals surface area contributed by atoms with Gasteiger partial charge >= 0.3 is 0 Å². The van der Waals surface area contributed by atoms with Gasteiger partial charge in [0.2, 0.25) is 18.2 Å². The van der Waals surface area contributed by atoms with E-state index in [1.54, 1.807) is 25.4 Å². The van der Waals surface area contributed by atoms with Crippen LogP contribution in [0.2, 0.25) is 0 Å². The zero-order valence-electron chi connectivity index (χ0n) is 11.6. The molecule has 0 atom stereocenters. The quantitative estimate of drug-likeness (QED) is 0.669. The molecule has 110 valence electrons. The minimum absolute atomic E-state index is 0.106.